The Labute approximate surface area is 181 Å². The van der Waals surface area contributed by atoms with Crippen molar-refractivity contribution in [2.75, 3.05) is 32.6 Å². The zero-order valence-electron chi connectivity index (χ0n) is 17.6. The van der Waals surface area contributed by atoms with E-state index in [1.54, 1.807) is 32.5 Å². The van der Waals surface area contributed by atoms with Gasteiger partial charge in [0.05, 0.1) is 20.4 Å². The lowest BCUT2D eigenvalue weighted by molar-refractivity contribution is 0.401. The second kappa shape index (κ2) is 9.99. The predicted molar refractivity (Wildman–Crippen MR) is 118 cm³/mol. The van der Waals surface area contributed by atoms with Crippen molar-refractivity contribution in [3.8, 4) is 34.9 Å². The minimum absolute atomic E-state index is 0.199. The van der Waals surface area contributed by atoms with Crippen molar-refractivity contribution < 1.29 is 18.9 Å². The van der Waals surface area contributed by atoms with Gasteiger partial charge in [0, 0.05) is 6.04 Å². The number of nitrogens with zero attached hydrogens (tertiary/aromatic N) is 2. The van der Waals surface area contributed by atoms with E-state index in [-0.39, 0.29) is 6.01 Å². The zero-order valence-corrected chi connectivity index (χ0v) is 17.6. The Bertz CT molecular complexity index is 974. The van der Waals surface area contributed by atoms with Gasteiger partial charge < -0.3 is 29.6 Å². The van der Waals surface area contributed by atoms with Crippen molar-refractivity contribution in [1.82, 2.24) is 15.3 Å². The van der Waals surface area contributed by atoms with Gasteiger partial charge in [-0.2, -0.15) is 4.98 Å². The average molecular weight is 422 g/mol. The van der Waals surface area contributed by atoms with Crippen LogP contribution in [0.5, 0.6) is 34.9 Å². The maximum atomic E-state index is 6.08. The second-order valence-corrected chi connectivity index (χ2v) is 7.10. The number of nitrogens with one attached hydrogen (secondary N) is 2. The molecule has 1 aliphatic heterocycles. The number of methoxy groups -OCH3 is 2. The van der Waals surface area contributed by atoms with Gasteiger partial charge in [-0.3, -0.25) is 0 Å². The van der Waals surface area contributed by atoms with E-state index in [1.165, 1.54) is 0 Å². The van der Waals surface area contributed by atoms with E-state index < -0.39 is 0 Å². The van der Waals surface area contributed by atoms with Crippen LogP contribution in [0.3, 0.4) is 0 Å². The third-order valence-corrected chi connectivity index (χ3v) is 4.97. The first-order valence-corrected chi connectivity index (χ1v) is 10.2. The summed E-state index contributed by atoms with van der Waals surface area (Å²) in [5.74, 6) is 3.16. The first-order chi connectivity index (χ1) is 15.2. The number of benzene rings is 2. The predicted octanol–water partition coefficient (Wildman–Crippen LogP) is 4.24. The molecule has 31 heavy (non-hydrogen) atoms. The van der Waals surface area contributed by atoms with Gasteiger partial charge >= 0.3 is 6.01 Å². The van der Waals surface area contributed by atoms with Crippen molar-refractivity contribution in [2.45, 2.75) is 18.9 Å². The highest BCUT2D eigenvalue weighted by Gasteiger charge is 2.18. The van der Waals surface area contributed by atoms with Crippen molar-refractivity contribution >= 4 is 5.69 Å². The first kappa shape index (κ1) is 20.7. The lowest BCUT2D eigenvalue weighted by Gasteiger charge is -2.25. The molecule has 2 heterocycles. The van der Waals surface area contributed by atoms with Gasteiger partial charge in [0.2, 0.25) is 5.88 Å². The summed E-state index contributed by atoms with van der Waals surface area (Å²) in [5, 5.41) is 6.88. The Balaban J connectivity index is 1.57. The van der Waals surface area contributed by atoms with Crippen molar-refractivity contribution in [1.29, 1.82) is 0 Å². The molecule has 2 aromatic carbocycles. The lowest BCUT2D eigenvalue weighted by Crippen LogP contribution is -2.35. The van der Waals surface area contributed by atoms with Crippen molar-refractivity contribution in [3.05, 3.63) is 54.7 Å². The molecule has 0 spiro atoms. The molecule has 0 saturated carbocycles. The van der Waals surface area contributed by atoms with Crippen molar-refractivity contribution in [2.24, 2.45) is 0 Å². The van der Waals surface area contributed by atoms with Gasteiger partial charge in [0.1, 0.15) is 28.7 Å². The fourth-order valence-electron chi connectivity index (χ4n) is 3.27. The second-order valence-electron chi connectivity index (χ2n) is 7.10. The zero-order chi connectivity index (χ0) is 21.5. The summed E-state index contributed by atoms with van der Waals surface area (Å²) in [7, 11) is 3.25. The van der Waals surface area contributed by atoms with Crippen LogP contribution in [0.15, 0.2) is 54.7 Å². The molecule has 8 heteroatoms. The molecule has 1 fully saturated rings. The van der Waals surface area contributed by atoms with Gasteiger partial charge in [-0.05, 0) is 74.5 Å². The maximum Gasteiger partial charge on any atom is 0.325 e. The van der Waals surface area contributed by atoms with Crippen LogP contribution in [0.25, 0.3) is 0 Å². The number of rotatable bonds is 8. The van der Waals surface area contributed by atoms with Crippen LogP contribution in [-0.2, 0) is 0 Å². The Kier molecular flexibility index (Phi) is 6.68. The van der Waals surface area contributed by atoms with Gasteiger partial charge in [-0.15, -0.1) is 0 Å². The number of ether oxygens (including phenoxy) is 4. The molecule has 162 valence electrons. The Morgan fingerprint density at radius 1 is 0.806 bits per heavy atom. The van der Waals surface area contributed by atoms with Crippen LogP contribution in [0.2, 0.25) is 0 Å². The summed E-state index contributed by atoms with van der Waals surface area (Å²) in [5.41, 5.74) is 0.727. The Morgan fingerprint density at radius 2 is 1.35 bits per heavy atom. The molecular formula is C23H26N4O4. The molecule has 1 aliphatic rings. The van der Waals surface area contributed by atoms with Gasteiger partial charge in [-0.25, -0.2) is 4.98 Å². The van der Waals surface area contributed by atoms with Gasteiger partial charge in [-0.1, -0.05) is 0 Å². The maximum absolute atomic E-state index is 6.08. The highest BCUT2D eigenvalue weighted by atomic mass is 16.5. The number of hydrogen-bond donors (Lipinski definition) is 2. The molecule has 1 saturated heterocycles. The largest absolute Gasteiger partial charge is 0.497 e. The van der Waals surface area contributed by atoms with E-state index in [2.05, 4.69) is 20.6 Å². The lowest BCUT2D eigenvalue weighted by atomic mass is 10.1. The summed E-state index contributed by atoms with van der Waals surface area (Å²) in [6, 6.07) is 15.1. The third kappa shape index (κ3) is 5.55. The molecule has 4 rings (SSSR count). The van der Waals surface area contributed by atoms with E-state index in [1.807, 2.05) is 36.4 Å². The minimum atomic E-state index is 0.199. The van der Waals surface area contributed by atoms with Crippen LogP contribution in [0, 0.1) is 0 Å². The summed E-state index contributed by atoms with van der Waals surface area (Å²) in [4.78, 5) is 8.89. The van der Waals surface area contributed by atoms with Crippen molar-refractivity contribution in [3.63, 3.8) is 0 Å². The molecule has 2 N–H and O–H groups in total. The molecule has 0 unspecified atom stereocenters. The SMILES string of the molecule is COc1ccc(Oc2ncc(NC3CCNCC3)c(Oc3ccc(OC)cc3)n2)cc1. The van der Waals surface area contributed by atoms with E-state index in [0.717, 1.165) is 43.1 Å². The summed E-state index contributed by atoms with van der Waals surface area (Å²) >= 11 is 0. The standard InChI is InChI=1S/C23H26N4O4/c1-28-17-3-7-19(8-4-17)30-22-21(26-16-11-13-24-14-12-16)15-25-23(27-22)31-20-9-5-18(29-2)6-10-20/h3-10,15-16,24,26H,11-14H2,1-2H3. The number of aromatic nitrogens is 2. The molecule has 0 bridgehead atoms. The molecular weight excluding hydrogens is 396 g/mol. The minimum Gasteiger partial charge on any atom is -0.497 e. The quantitative estimate of drug-likeness (QED) is 0.557. The van der Waals surface area contributed by atoms with E-state index in [4.69, 9.17) is 18.9 Å². The molecule has 0 radical (unpaired) electrons. The summed E-state index contributed by atoms with van der Waals surface area (Å²) in [6.45, 7) is 1.96. The summed E-state index contributed by atoms with van der Waals surface area (Å²) in [6.07, 6.45) is 3.74. The number of anilines is 1. The fourth-order valence-corrected chi connectivity index (χ4v) is 3.27. The molecule has 0 amide bonds. The smallest absolute Gasteiger partial charge is 0.325 e. The number of hydrogen-bond acceptors (Lipinski definition) is 8. The summed E-state index contributed by atoms with van der Waals surface area (Å²) < 4.78 is 22.3. The molecule has 3 aromatic rings. The fraction of sp³-hybridized carbons (Fsp3) is 0.304. The normalized spacial score (nSPS) is 14.0. The van der Waals surface area contributed by atoms with E-state index >= 15 is 0 Å². The third-order valence-electron chi connectivity index (χ3n) is 4.97. The highest BCUT2D eigenvalue weighted by Crippen LogP contribution is 2.32. The van der Waals surface area contributed by atoms with Crippen LogP contribution in [0.4, 0.5) is 5.69 Å². The van der Waals surface area contributed by atoms with Crippen LogP contribution in [-0.4, -0.2) is 43.3 Å². The van der Waals surface area contributed by atoms with Crippen LogP contribution in [0.1, 0.15) is 12.8 Å². The molecule has 8 nitrogen and oxygen atoms in total. The van der Waals surface area contributed by atoms with E-state index in [9.17, 15) is 0 Å². The molecule has 0 atom stereocenters. The first-order valence-electron chi connectivity index (χ1n) is 10.2. The molecule has 1 aromatic heterocycles. The van der Waals surface area contributed by atoms with Gasteiger partial charge in [0.15, 0.2) is 0 Å². The number of piperidine rings is 1. The Morgan fingerprint density at radius 3 is 1.94 bits per heavy atom. The Hall–Kier alpha value is -3.52. The molecule has 0 aliphatic carbocycles. The van der Waals surface area contributed by atoms with E-state index in [0.29, 0.717) is 23.4 Å². The van der Waals surface area contributed by atoms with Crippen LogP contribution >= 0.6 is 0 Å². The van der Waals surface area contributed by atoms with Crippen LogP contribution < -0.4 is 29.6 Å². The topological polar surface area (TPSA) is 86.8 Å². The average Bonchev–Trinajstić information content (AvgIpc) is 2.82. The van der Waals surface area contributed by atoms with Gasteiger partial charge in [0.25, 0.3) is 0 Å². The highest BCUT2D eigenvalue weighted by molar-refractivity contribution is 5.54. The monoisotopic (exact) mass is 422 g/mol.